The molecule has 1 aliphatic rings. The highest BCUT2D eigenvalue weighted by atomic mass is 35.5. The van der Waals surface area contributed by atoms with Gasteiger partial charge in [-0.1, -0.05) is 35.9 Å². The molecule has 1 aromatic heterocycles. The Balaban J connectivity index is 1.26. The normalized spacial score (nSPS) is 17.2. The summed E-state index contributed by atoms with van der Waals surface area (Å²) in [6.07, 6.45) is 3.46. The molecule has 2 heterocycles. The summed E-state index contributed by atoms with van der Waals surface area (Å²) in [6.45, 7) is 3.48. The van der Waals surface area contributed by atoms with Crippen LogP contribution < -0.4 is 5.69 Å². The Hall–Kier alpha value is -2.08. The van der Waals surface area contributed by atoms with Crippen LogP contribution in [0, 0.1) is 0 Å². The maximum atomic E-state index is 12.1. The largest absolute Gasteiger partial charge is 0.385 e. The van der Waals surface area contributed by atoms with Crippen LogP contribution in [0.25, 0.3) is 11.0 Å². The van der Waals surface area contributed by atoms with E-state index in [4.69, 9.17) is 11.6 Å². The zero-order valence-corrected chi connectivity index (χ0v) is 16.7. The molecule has 0 amide bonds. The molecular formula is C22H26ClN3O2. The number of benzene rings is 2. The number of para-hydroxylation sites is 2. The second-order valence-electron chi connectivity index (χ2n) is 7.69. The first kappa shape index (κ1) is 19.2. The molecule has 6 heteroatoms. The summed E-state index contributed by atoms with van der Waals surface area (Å²) in [6, 6.07) is 15.3. The fraction of sp³-hybridized carbons (Fsp3) is 0.409. The van der Waals surface area contributed by atoms with Crippen molar-refractivity contribution in [2.45, 2.75) is 37.8 Å². The van der Waals surface area contributed by atoms with Gasteiger partial charge >= 0.3 is 5.69 Å². The Bertz CT molecular complexity index is 985. The molecule has 1 saturated heterocycles. The average molecular weight is 400 g/mol. The highest BCUT2D eigenvalue weighted by Crippen LogP contribution is 2.33. The molecule has 28 heavy (non-hydrogen) atoms. The van der Waals surface area contributed by atoms with E-state index in [1.807, 2.05) is 53.1 Å². The van der Waals surface area contributed by atoms with Crippen LogP contribution in [0.4, 0.5) is 0 Å². The zero-order chi connectivity index (χ0) is 19.6. The van der Waals surface area contributed by atoms with Crippen LogP contribution in [-0.2, 0) is 12.1 Å². The first-order valence-electron chi connectivity index (χ1n) is 9.93. The van der Waals surface area contributed by atoms with Gasteiger partial charge in [-0.2, -0.15) is 0 Å². The molecule has 0 saturated carbocycles. The molecule has 5 nitrogen and oxygen atoms in total. The molecule has 0 aliphatic carbocycles. The second kappa shape index (κ2) is 8.11. The molecule has 3 aromatic rings. The molecule has 148 valence electrons. The Labute approximate surface area is 169 Å². The van der Waals surface area contributed by atoms with Crippen LogP contribution in [0.5, 0.6) is 0 Å². The molecule has 0 bridgehead atoms. The van der Waals surface area contributed by atoms with E-state index in [2.05, 4.69) is 9.88 Å². The number of unbranched alkanes of at least 4 members (excludes halogenated alkanes) is 1. The zero-order valence-electron chi connectivity index (χ0n) is 15.9. The first-order valence-corrected chi connectivity index (χ1v) is 10.3. The van der Waals surface area contributed by atoms with Crippen LogP contribution in [-0.4, -0.2) is 39.2 Å². The minimum atomic E-state index is -0.752. The van der Waals surface area contributed by atoms with Crippen LogP contribution in [0.15, 0.2) is 53.3 Å². The predicted octanol–water partition coefficient (Wildman–Crippen LogP) is 3.75. The van der Waals surface area contributed by atoms with Crippen molar-refractivity contribution in [1.29, 1.82) is 0 Å². The van der Waals surface area contributed by atoms with Crippen LogP contribution in [0.2, 0.25) is 5.02 Å². The number of nitrogens with one attached hydrogen (secondary N) is 1. The summed E-state index contributed by atoms with van der Waals surface area (Å²) in [5.41, 5.74) is 2.03. The fourth-order valence-corrected chi connectivity index (χ4v) is 4.26. The molecule has 0 atom stereocenters. The van der Waals surface area contributed by atoms with Crippen molar-refractivity contribution in [3.05, 3.63) is 69.6 Å². The minimum absolute atomic E-state index is 0.0350. The van der Waals surface area contributed by atoms with Crippen molar-refractivity contribution in [3.8, 4) is 0 Å². The monoisotopic (exact) mass is 399 g/mol. The summed E-state index contributed by atoms with van der Waals surface area (Å²) in [5, 5.41) is 11.7. The number of rotatable bonds is 6. The van der Waals surface area contributed by atoms with E-state index in [1.54, 1.807) is 0 Å². The quantitative estimate of drug-likeness (QED) is 0.620. The van der Waals surface area contributed by atoms with Crippen molar-refractivity contribution in [2.75, 3.05) is 19.6 Å². The highest BCUT2D eigenvalue weighted by molar-refractivity contribution is 6.30. The van der Waals surface area contributed by atoms with Gasteiger partial charge in [0, 0.05) is 24.7 Å². The highest BCUT2D eigenvalue weighted by Gasteiger charge is 2.33. The molecule has 0 spiro atoms. The van der Waals surface area contributed by atoms with Gasteiger partial charge < -0.3 is 15.0 Å². The number of halogens is 1. The van der Waals surface area contributed by atoms with Gasteiger partial charge in [0.1, 0.15) is 0 Å². The average Bonchev–Trinajstić information content (AvgIpc) is 3.02. The topological polar surface area (TPSA) is 61.3 Å². The Morgan fingerprint density at radius 1 is 1.00 bits per heavy atom. The summed E-state index contributed by atoms with van der Waals surface area (Å²) >= 11 is 5.96. The van der Waals surface area contributed by atoms with Crippen LogP contribution in [0.1, 0.15) is 31.2 Å². The lowest BCUT2D eigenvalue weighted by Gasteiger charge is -2.38. The third kappa shape index (κ3) is 4.02. The summed E-state index contributed by atoms with van der Waals surface area (Å²) < 4.78 is 1.82. The molecule has 1 fully saturated rings. The van der Waals surface area contributed by atoms with Crippen molar-refractivity contribution in [1.82, 2.24) is 14.5 Å². The number of aromatic nitrogens is 2. The third-order valence-corrected chi connectivity index (χ3v) is 6.10. The van der Waals surface area contributed by atoms with E-state index < -0.39 is 5.60 Å². The third-order valence-electron chi connectivity index (χ3n) is 5.85. The maximum Gasteiger partial charge on any atom is 0.326 e. The molecule has 4 rings (SSSR count). The van der Waals surface area contributed by atoms with Crippen molar-refractivity contribution in [3.63, 3.8) is 0 Å². The molecule has 2 aromatic carbocycles. The van der Waals surface area contributed by atoms with E-state index in [-0.39, 0.29) is 5.69 Å². The number of aromatic amines is 1. The SMILES string of the molecule is O=c1[nH]c2ccccc2n1CCCCN1CCC(O)(c2ccc(Cl)cc2)CC1. The van der Waals surface area contributed by atoms with Gasteiger partial charge in [0.05, 0.1) is 16.6 Å². The number of aliphatic hydroxyl groups is 1. The molecule has 1 aliphatic heterocycles. The van der Waals surface area contributed by atoms with Gasteiger partial charge in [0.15, 0.2) is 0 Å². The van der Waals surface area contributed by atoms with Crippen LogP contribution in [0.3, 0.4) is 0 Å². The van der Waals surface area contributed by atoms with Crippen molar-refractivity contribution in [2.24, 2.45) is 0 Å². The van der Waals surface area contributed by atoms with Crippen LogP contribution >= 0.6 is 11.6 Å². The number of hydrogen-bond acceptors (Lipinski definition) is 3. The number of nitrogens with zero attached hydrogens (tertiary/aromatic N) is 2. The lowest BCUT2D eigenvalue weighted by atomic mass is 9.84. The van der Waals surface area contributed by atoms with E-state index in [0.29, 0.717) is 5.02 Å². The number of aryl methyl sites for hydroxylation is 1. The number of H-pyrrole nitrogens is 1. The first-order chi connectivity index (χ1) is 13.5. The Morgan fingerprint density at radius 2 is 1.68 bits per heavy atom. The van der Waals surface area contributed by atoms with Gasteiger partial charge in [-0.05, 0) is 62.1 Å². The lowest BCUT2D eigenvalue weighted by Crippen LogP contribution is -2.42. The molecular weight excluding hydrogens is 374 g/mol. The number of imidazole rings is 1. The number of hydrogen-bond donors (Lipinski definition) is 2. The summed E-state index contributed by atoms with van der Waals surface area (Å²) in [5.74, 6) is 0. The number of fused-ring (bicyclic) bond motifs is 1. The maximum absolute atomic E-state index is 12.1. The van der Waals surface area contributed by atoms with E-state index in [9.17, 15) is 9.90 Å². The van der Waals surface area contributed by atoms with E-state index >= 15 is 0 Å². The van der Waals surface area contributed by atoms with Gasteiger partial charge in [-0.3, -0.25) is 4.57 Å². The summed E-state index contributed by atoms with van der Waals surface area (Å²) in [7, 11) is 0. The Morgan fingerprint density at radius 3 is 2.43 bits per heavy atom. The van der Waals surface area contributed by atoms with Crippen molar-refractivity contribution >= 4 is 22.6 Å². The minimum Gasteiger partial charge on any atom is -0.385 e. The van der Waals surface area contributed by atoms with E-state index in [0.717, 1.165) is 68.5 Å². The van der Waals surface area contributed by atoms with E-state index in [1.165, 1.54) is 0 Å². The standard InChI is InChI=1S/C22H26ClN3O2/c23-18-9-7-17(8-10-18)22(28)11-15-25(16-12-22)13-3-4-14-26-20-6-2-1-5-19(20)24-21(26)27/h1-2,5-10,28H,3-4,11-16H2,(H,24,27). The predicted molar refractivity (Wildman–Crippen MR) is 113 cm³/mol. The van der Waals surface area contributed by atoms with Gasteiger partial charge in [-0.25, -0.2) is 4.79 Å². The van der Waals surface area contributed by atoms with Crippen molar-refractivity contribution < 1.29 is 5.11 Å². The smallest absolute Gasteiger partial charge is 0.326 e. The lowest BCUT2D eigenvalue weighted by molar-refractivity contribution is -0.0261. The summed E-state index contributed by atoms with van der Waals surface area (Å²) in [4.78, 5) is 17.4. The van der Waals surface area contributed by atoms with Gasteiger partial charge in [0.2, 0.25) is 0 Å². The second-order valence-corrected chi connectivity index (χ2v) is 8.12. The molecule has 0 unspecified atom stereocenters. The number of likely N-dealkylation sites (tertiary alicyclic amines) is 1. The Kier molecular flexibility index (Phi) is 5.58. The fourth-order valence-electron chi connectivity index (χ4n) is 4.13. The molecule has 0 radical (unpaired) electrons. The number of piperidine rings is 1. The van der Waals surface area contributed by atoms with Gasteiger partial charge in [0.25, 0.3) is 0 Å². The molecule has 2 N–H and O–H groups in total. The van der Waals surface area contributed by atoms with Gasteiger partial charge in [-0.15, -0.1) is 0 Å².